The maximum Gasteiger partial charge on any atom is 0.255 e. The number of hydrogen-bond acceptors (Lipinski definition) is 4. The average molecular weight is 340 g/mol. The molecule has 130 valence electrons. The highest BCUT2D eigenvalue weighted by molar-refractivity contribution is 6.01. The van der Waals surface area contributed by atoms with Crippen molar-refractivity contribution in [2.45, 2.75) is 12.5 Å². The lowest BCUT2D eigenvalue weighted by atomic mass is 10.1. The molecule has 0 aromatic heterocycles. The first-order valence-corrected chi connectivity index (χ1v) is 8.19. The van der Waals surface area contributed by atoms with Crippen LogP contribution in [0.5, 0.6) is 5.75 Å². The van der Waals surface area contributed by atoms with E-state index in [9.17, 15) is 14.7 Å². The predicted molar refractivity (Wildman–Crippen MR) is 92.8 cm³/mol. The van der Waals surface area contributed by atoms with Gasteiger partial charge in [0.1, 0.15) is 12.4 Å². The van der Waals surface area contributed by atoms with Gasteiger partial charge in [-0.3, -0.25) is 9.59 Å². The first-order chi connectivity index (χ1) is 12.1. The zero-order chi connectivity index (χ0) is 17.6. The number of amides is 2. The van der Waals surface area contributed by atoms with Crippen molar-refractivity contribution in [3.05, 3.63) is 65.2 Å². The fourth-order valence-electron chi connectivity index (χ4n) is 2.67. The van der Waals surface area contributed by atoms with Crippen molar-refractivity contribution in [2.75, 3.05) is 19.7 Å². The molecule has 3 N–H and O–H groups in total. The van der Waals surface area contributed by atoms with Crippen LogP contribution in [0, 0.1) is 0 Å². The van der Waals surface area contributed by atoms with E-state index in [2.05, 4.69) is 10.6 Å². The van der Waals surface area contributed by atoms with Crippen molar-refractivity contribution in [3.63, 3.8) is 0 Å². The van der Waals surface area contributed by atoms with E-state index in [1.54, 1.807) is 12.1 Å². The van der Waals surface area contributed by atoms with E-state index >= 15 is 0 Å². The fourth-order valence-corrected chi connectivity index (χ4v) is 2.67. The topological polar surface area (TPSA) is 87.7 Å². The Bertz CT molecular complexity index is 761. The molecule has 0 aliphatic carbocycles. The third-order valence-corrected chi connectivity index (χ3v) is 3.94. The van der Waals surface area contributed by atoms with Gasteiger partial charge in [0.2, 0.25) is 0 Å². The van der Waals surface area contributed by atoms with Gasteiger partial charge in [0.25, 0.3) is 11.8 Å². The van der Waals surface area contributed by atoms with Crippen molar-refractivity contribution < 1.29 is 19.4 Å². The fraction of sp³-hybridized carbons (Fsp3) is 0.263. The highest BCUT2D eigenvalue weighted by Gasteiger charge is 2.19. The lowest BCUT2D eigenvalue weighted by Gasteiger charge is -2.13. The second kappa shape index (κ2) is 7.81. The van der Waals surface area contributed by atoms with Gasteiger partial charge in [-0.25, -0.2) is 0 Å². The molecule has 6 heteroatoms. The Kier molecular flexibility index (Phi) is 5.30. The van der Waals surface area contributed by atoms with Crippen molar-refractivity contribution in [1.82, 2.24) is 10.6 Å². The molecule has 0 unspecified atom stereocenters. The summed E-state index contributed by atoms with van der Waals surface area (Å²) in [5.41, 5.74) is 1.70. The third kappa shape index (κ3) is 4.36. The van der Waals surface area contributed by atoms with E-state index < -0.39 is 6.10 Å². The smallest absolute Gasteiger partial charge is 0.255 e. The Labute approximate surface area is 145 Å². The predicted octanol–water partition coefficient (Wildman–Crippen LogP) is 1.14. The van der Waals surface area contributed by atoms with Gasteiger partial charge in [-0.05, 0) is 23.8 Å². The molecule has 1 heterocycles. The summed E-state index contributed by atoms with van der Waals surface area (Å²) < 4.78 is 5.46. The maximum absolute atomic E-state index is 12.3. The summed E-state index contributed by atoms with van der Waals surface area (Å²) in [6, 6.07) is 14.3. The molecule has 0 spiro atoms. The SMILES string of the molecule is O=C(NC[C@H](O)Cc1ccccc1)c1ccc2c(c1)C(=O)NCCO2. The zero-order valence-electron chi connectivity index (χ0n) is 13.7. The Balaban J connectivity index is 1.61. The Hall–Kier alpha value is -2.86. The van der Waals surface area contributed by atoms with Gasteiger partial charge in [-0.1, -0.05) is 30.3 Å². The van der Waals surface area contributed by atoms with E-state index in [4.69, 9.17) is 4.74 Å². The first-order valence-electron chi connectivity index (χ1n) is 8.19. The van der Waals surface area contributed by atoms with Gasteiger partial charge in [0.15, 0.2) is 0 Å². The lowest BCUT2D eigenvalue weighted by Crippen LogP contribution is -2.33. The largest absolute Gasteiger partial charge is 0.491 e. The number of carbonyl (C=O) groups excluding carboxylic acids is 2. The second-order valence-corrected chi connectivity index (χ2v) is 5.87. The van der Waals surface area contributed by atoms with Crippen molar-refractivity contribution >= 4 is 11.8 Å². The first kappa shape index (κ1) is 17.0. The van der Waals surface area contributed by atoms with Crippen molar-refractivity contribution in [1.29, 1.82) is 0 Å². The van der Waals surface area contributed by atoms with Gasteiger partial charge < -0.3 is 20.5 Å². The van der Waals surface area contributed by atoms with Gasteiger partial charge in [-0.2, -0.15) is 0 Å². The Morgan fingerprint density at radius 1 is 1.24 bits per heavy atom. The van der Waals surface area contributed by atoms with Crippen LogP contribution >= 0.6 is 0 Å². The molecule has 1 aliphatic heterocycles. The molecule has 2 aromatic rings. The van der Waals surface area contributed by atoms with Crippen LogP contribution < -0.4 is 15.4 Å². The number of aliphatic hydroxyl groups is 1. The van der Waals surface area contributed by atoms with Crippen LogP contribution in [0.4, 0.5) is 0 Å². The molecule has 2 amide bonds. The quantitative estimate of drug-likeness (QED) is 0.762. The van der Waals surface area contributed by atoms with E-state index in [-0.39, 0.29) is 18.4 Å². The van der Waals surface area contributed by atoms with Gasteiger partial charge >= 0.3 is 0 Å². The number of rotatable bonds is 5. The van der Waals surface area contributed by atoms with Crippen LogP contribution in [0.25, 0.3) is 0 Å². The summed E-state index contributed by atoms with van der Waals surface area (Å²) in [5.74, 6) is -0.131. The van der Waals surface area contributed by atoms with E-state index in [1.165, 1.54) is 6.07 Å². The molecule has 2 aromatic carbocycles. The number of ether oxygens (including phenoxy) is 1. The minimum Gasteiger partial charge on any atom is -0.491 e. The monoisotopic (exact) mass is 340 g/mol. The molecule has 0 radical (unpaired) electrons. The summed E-state index contributed by atoms with van der Waals surface area (Å²) in [5, 5.41) is 15.5. The van der Waals surface area contributed by atoms with Gasteiger partial charge in [0.05, 0.1) is 18.2 Å². The maximum atomic E-state index is 12.3. The van der Waals surface area contributed by atoms with Gasteiger partial charge in [0, 0.05) is 18.5 Å². The highest BCUT2D eigenvalue weighted by atomic mass is 16.5. The van der Waals surface area contributed by atoms with Crippen LogP contribution in [-0.2, 0) is 6.42 Å². The van der Waals surface area contributed by atoms with Gasteiger partial charge in [-0.15, -0.1) is 0 Å². The molecule has 6 nitrogen and oxygen atoms in total. The normalized spacial score (nSPS) is 14.5. The molecule has 3 rings (SSSR count). The summed E-state index contributed by atoms with van der Waals surface area (Å²) in [6.45, 7) is 0.962. The molecule has 0 bridgehead atoms. The van der Waals surface area contributed by atoms with Crippen molar-refractivity contribution in [3.8, 4) is 5.75 Å². The van der Waals surface area contributed by atoms with Crippen LogP contribution in [0.15, 0.2) is 48.5 Å². The van der Waals surface area contributed by atoms with E-state index in [1.807, 2.05) is 30.3 Å². The zero-order valence-corrected chi connectivity index (χ0v) is 13.7. The van der Waals surface area contributed by atoms with E-state index in [0.717, 1.165) is 5.56 Å². The molecule has 0 saturated carbocycles. The van der Waals surface area contributed by atoms with Crippen LogP contribution in [0.3, 0.4) is 0 Å². The molecule has 0 fully saturated rings. The van der Waals surface area contributed by atoms with Crippen LogP contribution in [0.1, 0.15) is 26.3 Å². The number of hydrogen-bond donors (Lipinski definition) is 3. The van der Waals surface area contributed by atoms with E-state index in [0.29, 0.717) is 36.4 Å². The third-order valence-electron chi connectivity index (χ3n) is 3.94. The molecule has 1 atom stereocenters. The molecular formula is C19H20N2O4. The highest BCUT2D eigenvalue weighted by Crippen LogP contribution is 2.21. The Morgan fingerprint density at radius 3 is 2.84 bits per heavy atom. The lowest BCUT2D eigenvalue weighted by molar-refractivity contribution is 0.0916. The van der Waals surface area contributed by atoms with Crippen LogP contribution in [-0.4, -0.2) is 42.7 Å². The summed E-state index contributed by atoms with van der Waals surface area (Å²) in [6.07, 6.45) is -0.222. The number of aliphatic hydroxyl groups excluding tert-OH is 1. The second-order valence-electron chi connectivity index (χ2n) is 5.87. The molecular weight excluding hydrogens is 320 g/mol. The molecule has 0 saturated heterocycles. The minimum atomic E-state index is -0.682. The molecule has 25 heavy (non-hydrogen) atoms. The minimum absolute atomic E-state index is 0.132. The number of benzene rings is 2. The number of carbonyl (C=O) groups is 2. The number of nitrogens with one attached hydrogen (secondary N) is 2. The van der Waals surface area contributed by atoms with Crippen LogP contribution in [0.2, 0.25) is 0 Å². The summed E-state index contributed by atoms with van der Waals surface area (Å²) >= 11 is 0. The van der Waals surface area contributed by atoms with Crippen molar-refractivity contribution in [2.24, 2.45) is 0 Å². The standard InChI is InChI=1S/C19H20N2O4/c22-15(10-13-4-2-1-3-5-13)12-21-18(23)14-6-7-17-16(11-14)19(24)20-8-9-25-17/h1-7,11,15,22H,8-10,12H2,(H,20,24)(H,21,23)/t15-/m1/s1. The number of fused-ring (bicyclic) bond motifs is 1. The Morgan fingerprint density at radius 2 is 2.04 bits per heavy atom. The summed E-state index contributed by atoms with van der Waals surface area (Å²) in [7, 11) is 0. The summed E-state index contributed by atoms with van der Waals surface area (Å²) in [4.78, 5) is 24.3. The molecule has 1 aliphatic rings. The average Bonchev–Trinajstić information content (AvgIpc) is 2.82.